The molecule has 1 unspecified atom stereocenters. The highest BCUT2D eigenvalue weighted by atomic mass is 79.9. The summed E-state index contributed by atoms with van der Waals surface area (Å²) in [6.07, 6.45) is 2.08. The van der Waals surface area contributed by atoms with E-state index in [1.54, 1.807) is 0 Å². The molecule has 1 heterocycles. The molecule has 2 aromatic rings. The molecular formula is C17H22BrNO. The molecule has 1 N–H and O–H groups in total. The summed E-state index contributed by atoms with van der Waals surface area (Å²) < 4.78 is 7.05. The van der Waals surface area contributed by atoms with E-state index in [0.717, 1.165) is 40.9 Å². The molecule has 2 rings (SSSR count). The second-order valence-corrected chi connectivity index (χ2v) is 6.16. The molecule has 0 spiro atoms. The summed E-state index contributed by atoms with van der Waals surface area (Å²) >= 11 is 3.61. The Bertz CT molecular complexity index is 562. The normalized spacial score (nSPS) is 12.6. The molecule has 1 aromatic heterocycles. The maximum absolute atomic E-state index is 5.97. The first-order chi connectivity index (χ1) is 9.60. The van der Waals surface area contributed by atoms with Crippen LogP contribution in [-0.4, -0.2) is 12.6 Å². The molecular weight excluding hydrogens is 314 g/mol. The van der Waals surface area contributed by atoms with Crippen molar-refractivity contribution in [1.29, 1.82) is 0 Å². The Morgan fingerprint density at radius 1 is 1.25 bits per heavy atom. The number of hydrogen-bond donors (Lipinski definition) is 1. The van der Waals surface area contributed by atoms with Crippen molar-refractivity contribution in [3.8, 4) is 11.3 Å². The molecule has 1 aromatic carbocycles. The van der Waals surface area contributed by atoms with E-state index >= 15 is 0 Å². The SMILES string of the molecule is CCCNC(C)Cc1ccc(-c2ccc(C)cc2Br)o1. The summed E-state index contributed by atoms with van der Waals surface area (Å²) in [5.74, 6) is 1.96. The second kappa shape index (κ2) is 7.09. The lowest BCUT2D eigenvalue weighted by Crippen LogP contribution is -2.28. The minimum absolute atomic E-state index is 0.440. The lowest BCUT2D eigenvalue weighted by molar-refractivity contribution is 0.464. The molecule has 0 fully saturated rings. The van der Waals surface area contributed by atoms with E-state index < -0.39 is 0 Å². The van der Waals surface area contributed by atoms with Gasteiger partial charge in [0, 0.05) is 22.5 Å². The lowest BCUT2D eigenvalue weighted by Gasteiger charge is -2.11. The Morgan fingerprint density at radius 2 is 2.05 bits per heavy atom. The third kappa shape index (κ3) is 3.97. The van der Waals surface area contributed by atoms with Gasteiger partial charge in [0.05, 0.1) is 0 Å². The highest BCUT2D eigenvalue weighted by molar-refractivity contribution is 9.10. The molecule has 0 amide bonds. The highest BCUT2D eigenvalue weighted by Crippen LogP contribution is 2.30. The zero-order chi connectivity index (χ0) is 14.5. The van der Waals surface area contributed by atoms with Crippen LogP contribution in [0.1, 0.15) is 31.6 Å². The number of nitrogens with one attached hydrogen (secondary N) is 1. The lowest BCUT2D eigenvalue weighted by atomic mass is 10.1. The Hall–Kier alpha value is -1.06. The van der Waals surface area contributed by atoms with Crippen molar-refractivity contribution in [3.63, 3.8) is 0 Å². The molecule has 0 radical (unpaired) electrons. The summed E-state index contributed by atoms with van der Waals surface area (Å²) in [7, 11) is 0. The van der Waals surface area contributed by atoms with Crippen LogP contribution in [-0.2, 0) is 6.42 Å². The zero-order valence-corrected chi connectivity index (χ0v) is 14.0. The van der Waals surface area contributed by atoms with Crippen molar-refractivity contribution in [2.45, 2.75) is 39.7 Å². The maximum atomic E-state index is 5.97. The van der Waals surface area contributed by atoms with Gasteiger partial charge in [0.15, 0.2) is 0 Å². The third-order valence-electron chi connectivity index (χ3n) is 3.30. The predicted octanol–water partition coefficient (Wildman–Crippen LogP) is 4.95. The monoisotopic (exact) mass is 335 g/mol. The van der Waals surface area contributed by atoms with Crippen molar-refractivity contribution in [2.75, 3.05) is 6.54 Å². The van der Waals surface area contributed by atoms with Gasteiger partial charge in [-0.15, -0.1) is 0 Å². The van der Waals surface area contributed by atoms with Crippen LogP contribution in [0.2, 0.25) is 0 Å². The van der Waals surface area contributed by atoms with Gasteiger partial charge >= 0.3 is 0 Å². The number of hydrogen-bond acceptors (Lipinski definition) is 2. The first kappa shape index (κ1) is 15.3. The molecule has 2 nitrogen and oxygen atoms in total. The Morgan fingerprint density at radius 3 is 2.75 bits per heavy atom. The van der Waals surface area contributed by atoms with Crippen LogP contribution in [0.5, 0.6) is 0 Å². The van der Waals surface area contributed by atoms with Gasteiger partial charge < -0.3 is 9.73 Å². The smallest absolute Gasteiger partial charge is 0.135 e. The fourth-order valence-electron chi connectivity index (χ4n) is 2.22. The number of aryl methyl sites for hydroxylation is 1. The van der Waals surface area contributed by atoms with E-state index in [-0.39, 0.29) is 0 Å². The van der Waals surface area contributed by atoms with Crippen LogP contribution in [0.25, 0.3) is 11.3 Å². The van der Waals surface area contributed by atoms with Gasteiger partial charge in [-0.1, -0.05) is 28.9 Å². The minimum Gasteiger partial charge on any atom is -0.461 e. The number of halogens is 1. The minimum atomic E-state index is 0.440. The number of rotatable bonds is 6. The summed E-state index contributed by atoms with van der Waals surface area (Å²) in [5.41, 5.74) is 2.35. The molecule has 0 aliphatic carbocycles. The van der Waals surface area contributed by atoms with Crippen LogP contribution < -0.4 is 5.32 Å². The van der Waals surface area contributed by atoms with Gasteiger partial charge in [-0.2, -0.15) is 0 Å². The maximum Gasteiger partial charge on any atom is 0.135 e. The average molecular weight is 336 g/mol. The highest BCUT2D eigenvalue weighted by Gasteiger charge is 2.10. The van der Waals surface area contributed by atoms with Crippen molar-refractivity contribution in [2.24, 2.45) is 0 Å². The van der Waals surface area contributed by atoms with Crippen LogP contribution in [0, 0.1) is 6.92 Å². The van der Waals surface area contributed by atoms with E-state index in [9.17, 15) is 0 Å². The summed E-state index contributed by atoms with van der Waals surface area (Å²) in [4.78, 5) is 0. The van der Waals surface area contributed by atoms with E-state index in [2.05, 4.69) is 72.3 Å². The predicted molar refractivity (Wildman–Crippen MR) is 88.0 cm³/mol. The van der Waals surface area contributed by atoms with Crippen LogP contribution in [0.15, 0.2) is 39.2 Å². The topological polar surface area (TPSA) is 25.2 Å². The van der Waals surface area contributed by atoms with Gasteiger partial charge in [-0.3, -0.25) is 0 Å². The molecule has 3 heteroatoms. The van der Waals surface area contributed by atoms with Crippen LogP contribution in [0.3, 0.4) is 0 Å². The number of benzene rings is 1. The van der Waals surface area contributed by atoms with E-state index in [0.29, 0.717) is 6.04 Å². The third-order valence-corrected chi connectivity index (χ3v) is 3.96. The van der Waals surface area contributed by atoms with E-state index in [1.165, 1.54) is 5.56 Å². The van der Waals surface area contributed by atoms with Crippen molar-refractivity contribution < 1.29 is 4.42 Å². The second-order valence-electron chi connectivity index (χ2n) is 5.31. The van der Waals surface area contributed by atoms with Gasteiger partial charge in [0.1, 0.15) is 11.5 Å². The molecule has 108 valence electrons. The molecule has 0 saturated heterocycles. The van der Waals surface area contributed by atoms with E-state index in [1.807, 2.05) is 0 Å². The fourth-order valence-corrected chi connectivity index (χ4v) is 2.91. The average Bonchev–Trinajstić information content (AvgIpc) is 2.84. The van der Waals surface area contributed by atoms with Gasteiger partial charge in [0.2, 0.25) is 0 Å². The van der Waals surface area contributed by atoms with Gasteiger partial charge in [-0.25, -0.2) is 0 Å². The fraction of sp³-hybridized carbons (Fsp3) is 0.412. The standard InChI is InChI=1S/C17H22BrNO/c1-4-9-19-13(3)11-14-6-8-17(20-14)15-7-5-12(2)10-16(15)18/h5-8,10,13,19H,4,9,11H2,1-3H3. The molecule has 20 heavy (non-hydrogen) atoms. The Balaban J connectivity index is 2.08. The molecule has 0 bridgehead atoms. The summed E-state index contributed by atoms with van der Waals surface area (Å²) in [6, 6.07) is 10.9. The van der Waals surface area contributed by atoms with Crippen molar-refractivity contribution in [3.05, 3.63) is 46.1 Å². The van der Waals surface area contributed by atoms with E-state index in [4.69, 9.17) is 4.42 Å². The Labute approximate surface area is 129 Å². The number of furan rings is 1. The zero-order valence-electron chi connectivity index (χ0n) is 12.4. The van der Waals surface area contributed by atoms with Crippen molar-refractivity contribution >= 4 is 15.9 Å². The molecule has 1 atom stereocenters. The largest absolute Gasteiger partial charge is 0.461 e. The van der Waals surface area contributed by atoms with Gasteiger partial charge in [0.25, 0.3) is 0 Å². The van der Waals surface area contributed by atoms with Crippen LogP contribution in [0.4, 0.5) is 0 Å². The molecule has 0 saturated carbocycles. The molecule has 0 aliphatic heterocycles. The molecule has 0 aliphatic rings. The van der Waals surface area contributed by atoms with Crippen LogP contribution >= 0.6 is 15.9 Å². The summed E-state index contributed by atoms with van der Waals surface area (Å²) in [6.45, 7) is 7.51. The quantitative estimate of drug-likeness (QED) is 0.808. The first-order valence-electron chi connectivity index (χ1n) is 7.18. The van der Waals surface area contributed by atoms with Crippen molar-refractivity contribution in [1.82, 2.24) is 5.32 Å². The first-order valence-corrected chi connectivity index (χ1v) is 7.98. The summed E-state index contributed by atoms with van der Waals surface area (Å²) in [5, 5.41) is 3.48. The van der Waals surface area contributed by atoms with Gasteiger partial charge in [-0.05, 0) is 56.6 Å². The Kier molecular flexibility index (Phi) is 5.44.